The van der Waals surface area contributed by atoms with Gasteiger partial charge >= 0.3 is 0 Å². The van der Waals surface area contributed by atoms with Gasteiger partial charge in [0.05, 0.1) is 5.69 Å². The molecule has 0 spiro atoms. The first-order chi connectivity index (χ1) is 9.92. The van der Waals surface area contributed by atoms with Crippen LogP contribution >= 0.6 is 11.8 Å². The number of rotatable bonds is 3. The van der Waals surface area contributed by atoms with Crippen molar-refractivity contribution in [3.8, 4) is 0 Å². The Morgan fingerprint density at radius 2 is 2.05 bits per heavy atom. The van der Waals surface area contributed by atoms with Crippen molar-refractivity contribution < 1.29 is 4.52 Å². The van der Waals surface area contributed by atoms with E-state index in [1.807, 2.05) is 28.8 Å². The molecule has 0 aliphatic carbocycles. The SMILES string of the molecule is c1ccc2c(c1)ccn1c(SCc3ccon3)nnc21. The van der Waals surface area contributed by atoms with Gasteiger partial charge in [0.25, 0.3) is 0 Å². The molecule has 3 aromatic heterocycles. The van der Waals surface area contributed by atoms with Crippen molar-refractivity contribution in [3.63, 3.8) is 0 Å². The standard InChI is InChI=1S/C14H10N4OS/c1-2-4-12-10(3-1)5-7-18-13(12)15-16-14(18)20-9-11-6-8-19-17-11/h1-8H,9H2. The minimum absolute atomic E-state index is 0.712. The quantitative estimate of drug-likeness (QED) is 0.540. The highest BCUT2D eigenvalue weighted by Crippen LogP contribution is 2.24. The first kappa shape index (κ1) is 11.5. The van der Waals surface area contributed by atoms with Crippen molar-refractivity contribution in [1.29, 1.82) is 0 Å². The molecule has 6 heteroatoms. The molecule has 5 nitrogen and oxygen atoms in total. The molecule has 0 atom stereocenters. The van der Waals surface area contributed by atoms with Crippen LogP contribution in [0.15, 0.2) is 58.5 Å². The third-order valence-electron chi connectivity index (χ3n) is 3.11. The molecule has 4 aromatic rings. The molecular formula is C14H10N4OS. The second kappa shape index (κ2) is 4.64. The lowest BCUT2D eigenvalue weighted by Gasteiger charge is -2.01. The van der Waals surface area contributed by atoms with E-state index in [2.05, 4.69) is 33.6 Å². The van der Waals surface area contributed by atoms with Gasteiger partial charge in [0.2, 0.25) is 0 Å². The first-order valence-corrected chi connectivity index (χ1v) is 7.15. The predicted octanol–water partition coefficient (Wildman–Crippen LogP) is 3.16. The summed E-state index contributed by atoms with van der Waals surface area (Å²) in [6, 6.07) is 12.1. The van der Waals surface area contributed by atoms with E-state index in [-0.39, 0.29) is 0 Å². The van der Waals surface area contributed by atoms with E-state index in [1.165, 1.54) is 5.39 Å². The summed E-state index contributed by atoms with van der Waals surface area (Å²) in [5.41, 5.74) is 1.78. The van der Waals surface area contributed by atoms with Crippen LogP contribution in [0.25, 0.3) is 16.4 Å². The van der Waals surface area contributed by atoms with Crippen LogP contribution in [0.2, 0.25) is 0 Å². The Balaban J connectivity index is 1.75. The number of benzene rings is 1. The van der Waals surface area contributed by atoms with Crippen LogP contribution < -0.4 is 0 Å². The maximum Gasteiger partial charge on any atom is 0.196 e. The minimum Gasteiger partial charge on any atom is -0.364 e. The van der Waals surface area contributed by atoms with Crippen molar-refractivity contribution in [2.75, 3.05) is 0 Å². The highest BCUT2D eigenvalue weighted by molar-refractivity contribution is 7.98. The van der Waals surface area contributed by atoms with Gasteiger partial charge in [-0.2, -0.15) is 0 Å². The molecule has 0 bridgehead atoms. The number of pyridine rings is 1. The van der Waals surface area contributed by atoms with E-state index in [9.17, 15) is 0 Å². The Labute approximate surface area is 118 Å². The lowest BCUT2D eigenvalue weighted by atomic mass is 10.2. The lowest BCUT2D eigenvalue weighted by molar-refractivity contribution is 0.414. The van der Waals surface area contributed by atoms with E-state index >= 15 is 0 Å². The molecule has 0 saturated carbocycles. The van der Waals surface area contributed by atoms with E-state index in [4.69, 9.17) is 4.52 Å². The topological polar surface area (TPSA) is 56.2 Å². The number of aromatic nitrogens is 4. The zero-order valence-electron chi connectivity index (χ0n) is 10.4. The Morgan fingerprint density at radius 1 is 1.10 bits per heavy atom. The molecule has 3 heterocycles. The fraction of sp³-hybridized carbons (Fsp3) is 0.0714. The maximum absolute atomic E-state index is 4.82. The van der Waals surface area contributed by atoms with Crippen molar-refractivity contribution in [2.45, 2.75) is 10.9 Å². The third kappa shape index (κ3) is 1.85. The summed E-state index contributed by atoms with van der Waals surface area (Å²) in [5, 5.41) is 15.6. The van der Waals surface area contributed by atoms with Gasteiger partial charge in [0, 0.05) is 23.4 Å². The molecule has 4 rings (SSSR count). The summed E-state index contributed by atoms with van der Waals surface area (Å²) in [5.74, 6) is 0.712. The van der Waals surface area contributed by atoms with Crippen molar-refractivity contribution in [2.24, 2.45) is 0 Å². The monoisotopic (exact) mass is 282 g/mol. The van der Waals surface area contributed by atoms with Gasteiger partial charge in [0.1, 0.15) is 6.26 Å². The van der Waals surface area contributed by atoms with Crippen molar-refractivity contribution in [3.05, 3.63) is 54.6 Å². The van der Waals surface area contributed by atoms with Gasteiger partial charge in [0.15, 0.2) is 10.8 Å². The van der Waals surface area contributed by atoms with Gasteiger partial charge in [-0.05, 0) is 11.5 Å². The summed E-state index contributed by atoms with van der Waals surface area (Å²) in [6.07, 6.45) is 3.58. The Hall–Kier alpha value is -2.34. The van der Waals surface area contributed by atoms with Crippen LogP contribution in [0, 0.1) is 0 Å². The molecular weight excluding hydrogens is 272 g/mol. The minimum atomic E-state index is 0.712. The smallest absolute Gasteiger partial charge is 0.196 e. The largest absolute Gasteiger partial charge is 0.364 e. The fourth-order valence-electron chi connectivity index (χ4n) is 2.14. The number of hydrogen-bond acceptors (Lipinski definition) is 5. The normalized spacial score (nSPS) is 11.4. The van der Waals surface area contributed by atoms with E-state index in [0.717, 1.165) is 21.9 Å². The number of hydrogen-bond donors (Lipinski definition) is 0. The maximum atomic E-state index is 4.82. The summed E-state index contributed by atoms with van der Waals surface area (Å²) >= 11 is 1.59. The third-order valence-corrected chi connectivity index (χ3v) is 4.09. The molecule has 0 fully saturated rings. The van der Waals surface area contributed by atoms with Gasteiger partial charge < -0.3 is 4.52 Å². The average Bonchev–Trinajstić information content (AvgIpc) is 3.14. The van der Waals surface area contributed by atoms with Crippen molar-refractivity contribution >= 4 is 28.2 Å². The van der Waals surface area contributed by atoms with Crippen LogP contribution in [-0.2, 0) is 5.75 Å². The van der Waals surface area contributed by atoms with Crippen LogP contribution in [0.1, 0.15) is 5.69 Å². The predicted molar refractivity (Wildman–Crippen MR) is 76.6 cm³/mol. The van der Waals surface area contributed by atoms with Crippen LogP contribution in [0.3, 0.4) is 0 Å². The molecule has 0 unspecified atom stereocenters. The second-order valence-corrected chi connectivity index (χ2v) is 5.30. The first-order valence-electron chi connectivity index (χ1n) is 6.16. The molecule has 98 valence electrons. The molecule has 0 aliphatic rings. The van der Waals surface area contributed by atoms with Crippen LogP contribution in [-0.4, -0.2) is 19.8 Å². The zero-order chi connectivity index (χ0) is 13.4. The van der Waals surface area contributed by atoms with E-state index in [1.54, 1.807) is 18.0 Å². The Bertz CT molecular complexity index is 869. The highest BCUT2D eigenvalue weighted by Gasteiger charge is 2.09. The van der Waals surface area contributed by atoms with Crippen LogP contribution in [0.5, 0.6) is 0 Å². The number of nitrogens with zero attached hydrogens (tertiary/aromatic N) is 4. The summed E-state index contributed by atoms with van der Waals surface area (Å²) in [4.78, 5) is 0. The highest BCUT2D eigenvalue weighted by atomic mass is 32.2. The summed E-state index contributed by atoms with van der Waals surface area (Å²) < 4.78 is 6.83. The summed E-state index contributed by atoms with van der Waals surface area (Å²) in [7, 11) is 0. The van der Waals surface area contributed by atoms with Gasteiger partial charge in [-0.3, -0.25) is 4.40 Å². The fourth-order valence-corrected chi connectivity index (χ4v) is 2.96. The molecule has 0 amide bonds. The molecule has 1 aromatic carbocycles. The van der Waals surface area contributed by atoms with E-state index in [0.29, 0.717) is 5.75 Å². The number of fused-ring (bicyclic) bond motifs is 3. The van der Waals surface area contributed by atoms with Crippen LogP contribution in [0.4, 0.5) is 0 Å². The van der Waals surface area contributed by atoms with Gasteiger partial charge in [-0.25, -0.2) is 0 Å². The molecule has 0 radical (unpaired) electrons. The lowest BCUT2D eigenvalue weighted by Crippen LogP contribution is -1.89. The van der Waals surface area contributed by atoms with E-state index < -0.39 is 0 Å². The molecule has 0 aliphatic heterocycles. The van der Waals surface area contributed by atoms with Gasteiger partial charge in [-0.15, -0.1) is 10.2 Å². The molecule has 20 heavy (non-hydrogen) atoms. The summed E-state index contributed by atoms with van der Waals surface area (Å²) in [6.45, 7) is 0. The van der Waals surface area contributed by atoms with Gasteiger partial charge in [-0.1, -0.05) is 41.2 Å². The molecule has 0 N–H and O–H groups in total. The molecule has 0 saturated heterocycles. The Morgan fingerprint density at radius 3 is 2.95 bits per heavy atom. The number of thioether (sulfide) groups is 1. The zero-order valence-corrected chi connectivity index (χ0v) is 11.2. The second-order valence-electron chi connectivity index (χ2n) is 4.36. The van der Waals surface area contributed by atoms with Crippen molar-refractivity contribution in [1.82, 2.24) is 19.8 Å². The average molecular weight is 282 g/mol. The Kier molecular flexibility index (Phi) is 2.67.